The third-order valence-electron chi connectivity index (χ3n) is 5.21. The first-order valence-corrected chi connectivity index (χ1v) is 11.0. The highest BCUT2D eigenvalue weighted by Gasteiger charge is 2.24. The normalized spacial score (nSPS) is 13.3. The highest BCUT2D eigenvalue weighted by Crippen LogP contribution is 2.25. The lowest BCUT2D eigenvalue weighted by Crippen LogP contribution is -2.29. The first-order valence-electron chi connectivity index (χ1n) is 10.2. The van der Waals surface area contributed by atoms with E-state index in [1.165, 1.54) is 0 Å². The van der Waals surface area contributed by atoms with Gasteiger partial charge in [0.15, 0.2) is 5.76 Å². The summed E-state index contributed by atoms with van der Waals surface area (Å²) in [5.74, 6) is 0.946. The first kappa shape index (κ1) is 21.2. The number of carbonyl (C=O) groups is 2. The molecule has 0 bridgehead atoms. The second-order valence-corrected chi connectivity index (χ2v) is 8.38. The molecule has 160 valence electrons. The third kappa shape index (κ3) is 4.99. The molecule has 2 aromatic carbocycles. The maximum Gasteiger partial charge on any atom is 0.291 e. The van der Waals surface area contributed by atoms with E-state index >= 15 is 0 Å². The molecule has 0 saturated carbocycles. The Balaban J connectivity index is 1.44. The van der Waals surface area contributed by atoms with Crippen molar-refractivity contribution >= 4 is 33.4 Å². The van der Waals surface area contributed by atoms with Crippen molar-refractivity contribution in [2.45, 2.75) is 26.4 Å². The van der Waals surface area contributed by atoms with Crippen molar-refractivity contribution < 1.29 is 18.7 Å². The van der Waals surface area contributed by atoms with Gasteiger partial charge in [-0.15, -0.1) is 0 Å². The molecule has 1 fully saturated rings. The molecule has 2 heterocycles. The molecular formula is C24H23BrN2O4. The van der Waals surface area contributed by atoms with Crippen molar-refractivity contribution in [3.05, 3.63) is 81.7 Å². The second-order valence-electron chi connectivity index (χ2n) is 7.46. The smallest absolute Gasteiger partial charge is 0.291 e. The van der Waals surface area contributed by atoms with Gasteiger partial charge in [-0.1, -0.05) is 28.1 Å². The molecule has 6 nitrogen and oxygen atoms in total. The predicted molar refractivity (Wildman–Crippen MR) is 121 cm³/mol. The van der Waals surface area contributed by atoms with Crippen molar-refractivity contribution in [2.24, 2.45) is 0 Å². The van der Waals surface area contributed by atoms with Gasteiger partial charge in [0.25, 0.3) is 11.8 Å². The van der Waals surface area contributed by atoms with Gasteiger partial charge in [-0.3, -0.25) is 9.59 Å². The molecule has 0 radical (unpaired) electrons. The monoisotopic (exact) mass is 482 g/mol. The number of hydrogen-bond donors (Lipinski definition) is 1. The van der Waals surface area contributed by atoms with Crippen LogP contribution >= 0.6 is 15.9 Å². The molecule has 0 atom stereocenters. The van der Waals surface area contributed by atoms with Crippen molar-refractivity contribution in [3.8, 4) is 5.75 Å². The quantitative estimate of drug-likeness (QED) is 0.509. The number of ether oxygens (including phenoxy) is 1. The fraction of sp³-hybridized carbons (Fsp3) is 0.250. The molecule has 0 unspecified atom stereocenters. The molecule has 0 aliphatic carbocycles. The molecule has 1 aliphatic rings. The number of furan rings is 1. The van der Waals surface area contributed by atoms with E-state index in [-0.39, 0.29) is 18.3 Å². The van der Waals surface area contributed by atoms with Crippen molar-refractivity contribution in [3.63, 3.8) is 0 Å². The number of benzene rings is 2. The number of halogens is 1. The summed E-state index contributed by atoms with van der Waals surface area (Å²) in [7, 11) is 0. The largest absolute Gasteiger partial charge is 0.486 e. The summed E-state index contributed by atoms with van der Waals surface area (Å²) in [6, 6.07) is 16.2. The van der Waals surface area contributed by atoms with Crippen LogP contribution in [0.15, 0.2) is 63.5 Å². The molecule has 2 amide bonds. The predicted octanol–water partition coefficient (Wildman–Crippen LogP) is 5.42. The summed E-state index contributed by atoms with van der Waals surface area (Å²) in [6.07, 6.45) is 2.02. The van der Waals surface area contributed by atoms with Crippen molar-refractivity contribution in [1.82, 2.24) is 4.90 Å². The summed E-state index contributed by atoms with van der Waals surface area (Å²) < 4.78 is 12.3. The number of hydrogen-bond acceptors (Lipinski definition) is 4. The fourth-order valence-corrected chi connectivity index (χ4v) is 3.85. The van der Waals surface area contributed by atoms with Gasteiger partial charge < -0.3 is 19.4 Å². The Morgan fingerprint density at radius 2 is 1.81 bits per heavy atom. The molecule has 1 aromatic heterocycles. The van der Waals surface area contributed by atoms with Crippen molar-refractivity contribution in [1.29, 1.82) is 0 Å². The van der Waals surface area contributed by atoms with Gasteiger partial charge >= 0.3 is 0 Å². The van der Waals surface area contributed by atoms with Gasteiger partial charge in [-0.25, -0.2) is 0 Å². The SMILES string of the molecule is Cc1cccc(NC(=O)c2ccc(COc3ccc(Br)cc3)o2)c1C(=O)N1CCCC1. The van der Waals surface area contributed by atoms with Crippen LogP contribution in [0.25, 0.3) is 0 Å². The number of anilines is 1. The number of nitrogens with zero attached hydrogens (tertiary/aromatic N) is 1. The Morgan fingerprint density at radius 1 is 1.06 bits per heavy atom. The van der Waals surface area contributed by atoms with Crippen LogP contribution in [0, 0.1) is 6.92 Å². The summed E-state index contributed by atoms with van der Waals surface area (Å²) in [6.45, 7) is 3.59. The number of carbonyl (C=O) groups excluding carboxylic acids is 2. The van der Waals surface area contributed by atoms with Crippen molar-refractivity contribution in [2.75, 3.05) is 18.4 Å². The first-order chi connectivity index (χ1) is 15.0. The minimum atomic E-state index is -0.407. The standard InChI is InChI=1S/C24H23BrN2O4/c1-16-5-4-6-20(22(16)24(29)27-13-2-3-14-27)26-23(28)21-12-11-19(31-21)15-30-18-9-7-17(25)8-10-18/h4-12H,2-3,13-15H2,1H3,(H,26,28). The van der Waals surface area contributed by atoms with E-state index in [0.29, 0.717) is 22.8 Å². The Kier molecular flexibility index (Phi) is 6.42. The molecule has 1 N–H and O–H groups in total. The van der Waals surface area contributed by atoms with E-state index in [1.807, 2.05) is 48.2 Å². The number of aryl methyl sites for hydroxylation is 1. The summed E-state index contributed by atoms with van der Waals surface area (Å²) >= 11 is 3.38. The Hall–Kier alpha value is -3.06. The van der Waals surface area contributed by atoms with Gasteiger partial charge in [0.2, 0.25) is 0 Å². The second kappa shape index (κ2) is 9.39. The van der Waals surface area contributed by atoms with Crippen LogP contribution in [0.5, 0.6) is 5.75 Å². The molecule has 7 heteroatoms. The van der Waals surface area contributed by atoms with Gasteiger partial charge in [-0.2, -0.15) is 0 Å². The van der Waals surface area contributed by atoms with Crippen LogP contribution in [0.3, 0.4) is 0 Å². The third-order valence-corrected chi connectivity index (χ3v) is 5.74. The molecule has 1 aliphatic heterocycles. The average molecular weight is 483 g/mol. The topological polar surface area (TPSA) is 71.8 Å². The van der Waals surface area contributed by atoms with E-state index in [1.54, 1.807) is 18.2 Å². The average Bonchev–Trinajstić information content (AvgIpc) is 3.45. The maximum atomic E-state index is 13.0. The minimum absolute atomic E-state index is 0.0473. The van der Waals surface area contributed by atoms with Gasteiger partial charge in [0.1, 0.15) is 18.1 Å². The van der Waals surface area contributed by atoms with E-state index in [2.05, 4.69) is 21.2 Å². The Labute approximate surface area is 189 Å². The lowest BCUT2D eigenvalue weighted by Gasteiger charge is -2.19. The molecule has 4 rings (SSSR count). The molecule has 31 heavy (non-hydrogen) atoms. The number of rotatable bonds is 6. The van der Waals surface area contributed by atoms with Crippen LogP contribution in [0.1, 0.15) is 45.1 Å². The van der Waals surface area contributed by atoms with Crippen LogP contribution in [0.4, 0.5) is 5.69 Å². The molecule has 1 saturated heterocycles. The number of likely N-dealkylation sites (tertiary alicyclic amines) is 1. The number of nitrogens with one attached hydrogen (secondary N) is 1. The van der Waals surface area contributed by atoms with E-state index in [0.717, 1.165) is 36.0 Å². The van der Waals surface area contributed by atoms with Crippen LogP contribution in [0.2, 0.25) is 0 Å². The maximum absolute atomic E-state index is 13.0. The zero-order valence-corrected chi connectivity index (χ0v) is 18.8. The summed E-state index contributed by atoms with van der Waals surface area (Å²) in [4.78, 5) is 27.6. The highest BCUT2D eigenvalue weighted by molar-refractivity contribution is 9.10. The fourth-order valence-electron chi connectivity index (χ4n) is 3.58. The van der Waals surface area contributed by atoms with E-state index < -0.39 is 5.91 Å². The summed E-state index contributed by atoms with van der Waals surface area (Å²) in [5.41, 5.74) is 1.85. The highest BCUT2D eigenvalue weighted by atomic mass is 79.9. The van der Waals surface area contributed by atoms with Gasteiger partial charge in [0.05, 0.1) is 11.3 Å². The Bertz CT molecular complexity index is 1090. The van der Waals surface area contributed by atoms with Crippen LogP contribution in [-0.2, 0) is 6.61 Å². The molecular weight excluding hydrogens is 460 g/mol. The molecule has 0 spiro atoms. The zero-order valence-electron chi connectivity index (χ0n) is 17.2. The van der Waals surface area contributed by atoms with Crippen LogP contribution in [-0.4, -0.2) is 29.8 Å². The van der Waals surface area contributed by atoms with Gasteiger partial charge in [0, 0.05) is 17.6 Å². The van der Waals surface area contributed by atoms with Gasteiger partial charge in [-0.05, 0) is 67.8 Å². The van der Waals surface area contributed by atoms with E-state index in [4.69, 9.17) is 9.15 Å². The van der Waals surface area contributed by atoms with Crippen LogP contribution < -0.4 is 10.1 Å². The van der Waals surface area contributed by atoms with E-state index in [9.17, 15) is 9.59 Å². The zero-order chi connectivity index (χ0) is 21.8. The lowest BCUT2D eigenvalue weighted by molar-refractivity contribution is 0.0793. The number of amides is 2. The lowest BCUT2D eigenvalue weighted by atomic mass is 10.0. The summed E-state index contributed by atoms with van der Waals surface area (Å²) in [5, 5.41) is 2.84. The Morgan fingerprint density at radius 3 is 2.55 bits per heavy atom. The minimum Gasteiger partial charge on any atom is -0.486 e. The molecule has 3 aromatic rings.